The lowest BCUT2D eigenvalue weighted by Gasteiger charge is -2.39. The molecule has 2 atom stereocenters. The van der Waals surface area contributed by atoms with Crippen molar-refractivity contribution < 1.29 is 0 Å². The van der Waals surface area contributed by atoms with Crippen LogP contribution in [0.1, 0.15) is 51.5 Å². The fourth-order valence-corrected chi connectivity index (χ4v) is 3.46. The molecule has 1 aromatic rings. The van der Waals surface area contributed by atoms with Gasteiger partial charge in [0.1, 0.15) is 0 Å². The van der Waals surface area contributed by atoms with E-state index in [1.54, 1.807) is 0 Å². The van der Waals surface area contributed by atoms with Gasteiger partial charge in [-0.25, -0.2) is 0 Å². The van der Waals surface area contributed by atoms with Crippen molar-refractivity contribution in [3.05, 3.63) is 34.9 Å². The molecule has 0 aliphatic heterocycles. The molecule has 1 aliphatic carbocycles. The van der Waals surface area contributed by atoms with Crippen molar-refractivity contribution in [2.45, 2.75) is 46.0 Å². The molecule has 0 aromatic heterocycles. The zero-order valence-corrected chi connectivity index (χ0v) is 11.2. The number of halogens is 1. The van der Waals surface area contributed by atoms with Crippen LogP contribution in [0.25, 0.3) is 0 Å². The van der Waals surface area contributed by atoms with Gasteiger partial charge in [-0.05, 0) is 54.2 Å². The maximum Gasteiger partial charge on any atom is 0.0406 e. The highest BCUT2D eigenvalue weighted by Gasteiger charge is 2.32. The van der Waals surface area contributed by atoms with Gasteiger partial charge in [-0.3, -0.25) is 0 Å². The largest absolute Gasteiger partial charge is 0.0843 e. The monoisotopic (exact) mass is 236 g/mol. The fraction of sp³-hybridized carbons (Fsp3) is 0.600. The summed E-state index contributed by atoms with van der Waals surface area (Å²) >= 11 is 5.94. The molecule has 0 radical (unpaired) electrons. The standard InChI is InChI=1S/C15H21Cl/c1-11-8-13(10-15(2,3)9-11)12-4-6-14(16)7-5-12/h4-7,11,13H,8-10H2,1-3H3. The van der Waals surface area contributed by atoms with E-state index in [-0.39, 0.29) is 0 Å². The summed E-state index contributed by atoms with van der Waals surface area (Å²) in [4.78, 5) is 0. The average Bonchev–Trinajstić information content (AvgIpc) is 2.15. The fourth-order valence-electron chi connectivity index (χ4n) is 3.33. The maximum absolute atomic E-state index is 5.94. The Labute approximate surface area is 104 Å². The van der Waals surface area contributed by atoms with Crippen LogP contribution in [0.5, 0.6) is 0 Å². The molecular weight excluding hydrogens is 216 g/mol. The zero-order valence-electron chi connectivity index (χ0n) is 10.5. The van der Waals surface area contributed by atoms with E-state index in [0.717, 1.165) is 16.9 Å². The van der Waals surface area contributed by atoms with Crippen molar-refractivity contribution in [2.75, 3.05) is 0 Å². The zero-order chi connectivity index (χ0) is 11.8. The van der Waals surface area contributed by atoms with Gasteiger partial charge in [-0.15, -0.1) is 0 Å². The predicted molar refractivity (Wildman–Crippen MR) is 71.0 cm³/mol. The lowest BCUT2D eigenvalue weighted by Crippen LogP contribution is -2.26. The average molecular weight is 237 g/mol. The van der Waals surface area contributed by atoms with E-state index in [4.69, 9.17) is 11.6 Å². The second-order valence-corrected chi connectivity index (χ2v) is 6.60. The molecule has 1 aliphatic rings. The van der Waals surface area contributed by atoms with Crippen LogP contribution in [0.3, 0.4) is 0 Å². The maximum atomic E-state index is 5.94. The first-order valence-electron chi connectivity index (χ1n) is 6.22. The Morgan fingerprint density at radius 2 is 1.75 bits per heavy atom. The predicted octanol–water partition coefficient (Wildman–Crippen LogP) is 5.27. The second kappa shape index (κ2) is 4.41. The van der Waals surface area contributed by atoms with E-state index in [1.807, 2.05) is 12.1 Å². The van der Waals surface area contributed by atoms with Crippen LogP contribution in [0.15, 0.2) is 24.3 Å². The quantitative estimate of drug-likeness (QED) is 0.623. The topological polar surface area (TPSA) is 0 Å². The first kappa shape index (κ1) is 12.0. The molecule has 0 N–H and O–H groups in total. The van der Waals surface area contributed by atoms with Gasteiger partial charge >= 0.3 is 0 Å². The highest BCUT2D eigenvalue weighted by molar-refractivity contribution is 6.30. The van der Waals surface area contributed by atoms with Gasteiger partial charge in [0.25, 0.3) is 0 Å². The summed E-state index contributed by atoms with van der Waals surface area (Å²) in [6.45, 7) is 7.17. The lowest BCUT2D eigenvalue weighted by molar-refractivity contribution is 0.168. The Morgan fingerprint density at radius 1 is 1.12 bits per heavy atom. The SMILES string of the molecule is CC1CC(c2ccc(Cl)cc2)CC(C)(C)C1. The Hall–Kier alpha value is -0.490. The number of hydrogen-bond donors (Lipinski definition) is 0. The Morgan fingerprint density at radius 3 is 2.31 bits per heavy atom. The number of hydrogen-bond acceptors (Lipinski definition) is 0. The summed E-state index contributed by atoms with van der Waals surface area (Å²) < 4.78 is 0. The Kier molecular flexibility index (Phi) is 3.30. The van der Waals surface area contributed by atoms with Gasteiger partial charge in [-0.1, -0.05) is 44.5 Å². The van der Waals surface area contributed by atoms with Crippen LogP contribution in [0.4, 0.5) is 0 Å². The third kappa shape index (κ3) is 2.79. The molecule has 1 aromatic carbocycles. The van der Waals surface area contributed by atoms with Crippen LogP contribution in [-0.4, -0.2) is 0 Å². The molecule has 1 heteroatoms. The summed E-state index contributed by atoms with van der Waals surface area (Å²) in [5.74, 6) is 1.56. The van der Waals surface area contributed by atoms with Crippen LogP contribution in [-0.2, 0) is 0 Å². The first-order chi connectivity index (χ1) is 7.46. The molecule has 0 nitrogen and oxygen atoms in total. The molecule has 0 amide bonds. The van der Waals surface area contributed by atoms with E-state index < -0.39 is 0 Å². The molecule has 0 saturated heterocycles. The van der Waals surface area contributed by atoms with Crippen LogP contribution in [0, 0.1) is 11.3 Å². The van der Waals surface area contributed by atoms with Gasteiger partial charge < -0.3 is 0 Å². The van der Waals surface area contributed by atoms with Crippen molar-refractivity contribution in [3.8, 4) is 0 Å². The lowest BCUT2D eigenvalue weighted by atomic mass is 9.66. The molecule has 1 fully saturated rings. The molecule has 1 saturated carbocycles. The molecule has 88 valence electrons. The minimum absolute atomic E-state index is 0.488. The van der Waals surface area contributed by atoms with E-state index in [0.29, 0.717) is 5.41 Å². The Balaban J connectivity index is 2.17. The van der Waals surface area contributed by atoms with Crippen molar-refractivity contribution >= 4 is 11.6 Å². The van der Waals surface area contributed by atoms with E-state index >= 15 is 0 Å². The summed E-state index contributed by atoms with van der Waals surface area (Å²) in [5.41, 5.74) is 1.95. The van der Waals surface area contributed by atoms with Gasteiger partial charge in [0.2, 0.25) is 0 Å². The molecule has 16 heavy (non-hydrogen) atoms. The summed E-state index contributed by atoms with van der Waals surface area (Å²) in [5, 5.41) is 0.840. The van der Waals surface area contributed by atoms with Crippen molar-refractivity contribution in [1.29, 1.82) is 0 Å². The van der Waals surface area contributed by atoms with E-state index in [1.165, 1.54) is 24.8 Å². The van der Waals surface area contributed by atoms with Gasteiger partial charge in [0.15, 0.2) is 0 Å². The van der Waals surface area contributed by atoms with Crippen molar-refractivity contribution in [2.24, 2.45) is 11.3 Å². The second-order valence-electron chi connectivity index (χ2n) is 6.16. The first-order valence-corrected chi connectivity index (χ1v) is 6.59. The third-order valence-corrected chi connectivity index (χ3v) is 3.98. The molecule has 0 bridgehead atoms. The summed E-state index contributed by atoms with van der Waals surface area (Å²) in [6.07, 6.45) is 3.99. The normalized spacial score (nSPS) is 29.0. The van der Waals surface area contributed by atoms with Gasteiger partial charge in [-0.2, -0.15) is 0 Å². The molecular formula is C15H21Cl. The third-order valence-electron chi connectivity index (χ3n) is 3.73. The van der Waals surface area contributed by atoms with Crippen LogP contribution in [0.2, 0.25) is 5.02 Å². The molecule has 0 spiro atoms. The minimum atomic E-state index is 0.488. The highest BCUT2D eigenvalue weighted by Crippen LogP contribution is 2.45. The van der Waals surface area contributed by atoms with Crippen LogP contribution < -0.4 is 0 Å². The minimum Gasteiger partial charge on any atom is -0.0843 e. The number of benzene rings is 1. The van der Waals surface area contributed by atoms with E-state index in [2.05, 4.69) is 32.9 Å². The molecule has 2 unspecified atom stereocenters. The van der Waals surface area contributed by atoms with E-state index in [9.17, 15) is 0 Å². The molecule has 0 heterocycles. The highest BCUT2D eigenvalue weighted by atomic mass is 35.5. The molecule has 2 rings (SSSR count). The van der Waals surface area contributed by atoms with Gasteiger partial charge in [0.05, 0.1) is 0 Å². The summed E-state index contributed by atoms with van der Waals surface area (Å²) in [6, 6.07) is 8.43. The van der Waals surface area contributed by atoms with Crippen molar-refractivity contribution in [1.82, 2.24) is 0 Å². The van der Waals surface area contributed by atoms with Gasteiger partial charge in [0, 0.05) is 5.02 Å². The van der Waals surface area contributed by atoms with Crippen molar-refractivity contribution in [3.63, 3.8) is 0 Å². The summed E-state index contributed by atoms with van der Waals surface area (Å²) in [7, 11) is 0. The van der Waals surface area contributed by atoms with Crippen LogP contribution >= 0.6 is 11.6 Å². The number of rotatable bonds is 1. The Bertz CT molecular complexity index is 350. The smallest absolute Gasteiger partial charge is 0.0406 e.